The van der Waals surface area contributed by atoms with Gasteiger partial charge in [-0.05, 0) is 36.8 Å². The molecule has 0 amide bonds. The molecule has 0 atom stereocenters. The van der Waals surface area contributed by atoms with Crippen molar-refractivity contribution < 1.29 is 9.13 Å². The van der Waals surface area contributed by atoms with Crippen LogP contribution in [0.3, 0.4) is 0 Å². The van der Waals surface area contributed by atoms with Gasteiger partial charge in [-0.1, -0.05) is 13.8 Å². The van der Waals surface area contributed by atoms with Crippen molar-refractivity contribution >= 4 is 5.69 Å². The van der Waals surface area contributed by atoms with Gasteiger partial charge in [-0.3, -0.25) is 0 Å². The van der Waals surface area contributed by atoms with Crippen LogP contribution in [0.2, 0.25) is 0 Å². The summed E-state index contributed by atoms with van der Waals surface area (Å²) < 4.78 is 18.2. The van der Waals surface area contributed by atoms with Crippen LogP contribution in [0.25, 0.3) is 0 Å². The number of methoxy groups -OCH3 is 1. The van der Waals surface area contributed by atoms with Gasteiger partial charge in [-0.2, -0.15) is 0 Å². The molecule has 1 aliphatic carbocycles. The predicted molar refractivity (Wildman–Crippen MR) is 67.9 cm³/mol. The highest BCUT2D eigenvalue weighted by Crippen LogP contribution is 2.37. The van der Waals surface area contributed by atoms with E-state index in [4.69, 9.17) is 4.74 Å². The highest BCUT2D eigenvalue weighted by molar-refractivity contribution is 5.57. The number of halogens is 1. The molecule has 17 heavy (non-hydrogen) atoms. The van der Waals surface area contributed by atoms with Gasteiger partial charge in [0, 0.05) is 12.1 Å². The summed E-state index contributed by atoms with van der Waals surface area (Å²) in [6.45, 7) is 4.53. The lowest BCUT2D eigenvalue weighted by atomic mass is 9.73. The molecule has 0 radical (unpaired) electrons. The fourth-order valence-electron chi connectivity index (χ4n) is 2.33. The Balaban J connectivity index is 1.96. The zero-order chi connectivity index (χ0) is 12.4. The molecular formula is C14H20FNO. The van der Waals surface area contributed by atoms with E-state index in [0.29, 0.717) is 11.8 Å². The Bertz CT molecular complexity index is 386. The zero-order valence-corrected chi connectivity index (χ0v) is 10.7. The molecular weight excluding hydrogens is 217 g/mol. The van der Waals surface area contributed by atoms with Crippen molar-refractivity contribution in [1.29, 1.82) is 0 Å². The highest BCUT2D eigenvalue weighted by atomic mass is 19.1. The van der Waals surface area contributed by atoms with E-state index in [1.54, 1.807) is 13.2 Å². The summed E-state index contributed by atoms with van der Waals surface area (Å²) in [7, 11) is 1.57. The molecule has 0 bridgehead atoms. The third-order valence-corrected chi connectivity index (χ3v) is 3.64. The van der Waals surface area contributed by atoms with Crippen LogP contribution in [0.1, 0.15) is 26.7 Å². The van der Waals surface area contributed by atoms with E-state index in [-0.39, 0.29) is 5.82 Å². The molecule has 1 fully saturated rings. The summed E-state index contributed by atoms with van der Waals surface area (Å²) in [5, 5.41) is 3.42. The fraction of sp³-hybridized carbons (Fsp3) is 0.571. The van der Waals surface area contributed by atoms with Crippen LogP contribution >= 0.6 is 0 Å². The minimum absolute atomic E-state index is 0.263. The Hall–Kier alpha value is -1.25. The molecule has 0 spiro atoms. The van der Waals surface area contributed by atoms with E-state index in [2.05, 4.69) is 19.2 Å². The van der Waals surface area contributed by atoms with Crippen LogP contribution < -0.4 is 10.1 Å². The van der Waals surface area contributed by atoms with E-state index in [0.717, 1.165) is 17.5 Å². The molecule has 0 heterocycles. The summed E-state index contributed by atoms with van der Waals surface area (Å²) in [6, 6.07) is 5.13. The van der Waals surface area contributed by atoms with Gasteiger partial charge >= 0.3 is 0 Å². The summed E-state index contributed by atoms with van der Waals surface area (Å²) >= 11 is 0. The summed E-state index contributed by atoms with van der Waals surface area (Å²) in [5.41, 5.74) is 0.890. The maximum atomic E-state index is 13.0. The molecule has 1 aromatic rings. The summed E-state index contributed by atoms with van der Waals surface area (Å²) in [4.78, 5) is 0. The molecule has 0 saturated heterocycles. The Morgan fingerprint density at radius 3 is 2.65 bits per heavy atom. The standard InChI is InChI=1S/C14H20FNO/c1-9(2)10-6-12(7-10)16-13-5-4-11(15)8-14(13)17-3/h4-5,8-10,12,16H,6-7H2,1-3H3. The molecule has 2 nitrogen and oxygen atoms in total. The van der Waals surface area contributed by atoms with Crippen molar-refractivity contribution in [3.8, 4) is 5.75 Å². The highest BCUT2D eigenvalue weighted by Gasteiger charge is 2.31. The van der Waals surface area contributed by atoms with E-state index in [9.17, 15) is 4.39 Å². The molecule has 94 valence electrons. The van der Waals surface area contributed by atoms with Gasteiger partial charge in [-0.15, -0.1) is 0 Å². The lowest BCUT2D eigenvalue weighted by Gasteiger charge is -2.39. The summed E-state index contributed by atoms with van der Waals surface area (Å²) in [5.74, 6) is 1.89. The number of benzene rings is 1. The van der Waals surface area contributed by atoms with Crippen LogP contribution in [0.4, 0.5) is 10.1 Å². The average molecular weight is 237 g/mol. The van der Waals surface area contributed by atoms with Crippen molar-refractivity contribution in [2.24, 2.45) is 11.8 Å². The first-order valence-corrected chi connectivity index (χ1v) is 6.20. The van der Waals surface area contributed by atoms with Gasteiger partial charge in [0.25, 0.3) is 0 Å². The third kappa shape index (κ3) is 2.71. The Labute approximate surface area is 102 Å². The Morgan fingerprint density at radius 2 is 2.06 bits per heavy atom. The SMILES string of the molecule is COc1cc(F)ccc1NC1CC(C(C)C)C1. The van der Waals surface area contributed by atoms with Crippen molar-refractivity contribution in [3.05, 3.63) is 24.0 Å². The second-order valence-electron chi connectivity index (χ2n) is 5.16. The minimum Gasteiger partial charge on any atom is -0.494 e. The molecule has 0 unspecified atom stereocenters. The van der Waals surface area contributed by atoms with Gasteiger partial charge < -0.3 is 10.1 Å². The smallest absolute Gasteiger partial charge is 0.144 e. The lowest BCUT2D eigenvalue weighted by Crippen LogP contribution is -2.37. The second kappa shape index (κ2) is 4.94. The topological polar surface area (TPSA) is 21.3 Å². The average Bonchev–Trinajstić information content (AvgIpc) is 2.23. The normalized spacial score (nSPS) is 23.4. The number of ether oxygens (including phenoxy) is 1. The van der Waals surface area contributed by atoms with Gasteiger partial charge in [0.2, 0.25) is 0 Å². The Morgan fingerprint density at radius 1 is 1.35 bits per heavy atom. The van der Waals surface area contributed by atoms with Crippen LogP contribution in [-0.4, -0.2) is 13.2 Å². The number of nitrogens with one attached hydrogen (secondary N) is 1. The van der Waals surface area contributed by atoms with Crippen LogP contribution in [-0.2, 0) is 0 Å². The molecule has 1 aliphatic rings. The van der Waals surface area contributed by atoms with Crippen LogP contribution in [0, 0.1) is 17.7 Å². The maximum absolute atomic E-state index is 13.0. The fourth-order valence-corrected chi connectivity index (χ4v) is 2.33. The van der Waals surface area contributed by atoms with Gasteiger partial charge in [-0.25, -0.2) is 4.39 Å². The molecule has 1 saturated carbocycles. The van der Waals surface area contributed by atoms with Crippen molar-refractivity contribution in [2.75, 3.05) is 12.4 Å². The molecule has 1 aromatic carbocycles. The largest absolute Gasteiger partial charge is 0.494 e. The molecule has 3 heteroatoms. The first-order chi connectivity index (χ1) is 8.10. The van der Waals surface area contributed by atoms with Crippen molar-refractivity contribution in [3.63, 3.8) is 0 Å². The maximum Gasteiger partial charge on any atom is 0.144 e. The first kappa shape index (κ1) is 12.2. The molecule has 0 aromatic heterocycles. The number of hydrogen-bond donors (Lipinski definition) is 1. The predicted octanol–water partition coefficient (Wildman–Crippen LogP) is 3.68. The Kier molecular flexibility index (Phi) is 3.55. The number of anilines is 1. The minimum atomic E-state index is -0.263. The van der Waals surface area contributed by atoms with E-state index in [1.165, 1.54) is 25.0 Å². The van der Waals surface area contributed by atoms with E-state index < -0.39 is 0 Å². The van der Waals surface area contributed by atoms with Gasteiger partial charge in [0.15, 0.2) is 0 Å². The molecule has 0 aliphatic heterocycles. The first-order valence-electron chi connectivity index (χ1n) is 6.20. The lowest BCUT2D eigenvalue weighted by molar-refractivity contribution is 0.211. The van der Waals surface area contributed by atoms with Crippen LogP contribution in [0.15, 0.2) is 18.2 Å². The van der Waals surface area contributed by atoms with Gasteiger partial charge in [0.1, 0.15) is 11.6 Å². The van der Waals surface area contributed by atoms with Crippen LogP contribution in [0.5, 0.6) is 5.75 Å². The summed E-state index contributed by atoms with van der Waals surface area (Å²) in [6.07, 6.45) is 2.39. The quantitative estimate of drug-likeness (QED) is 0.862. The molecule has 1 N–H and O–H groups in total. The van der Waals surface area contributed by atoms with E-state index >= 15 is 0 Å². The van der Waals surface area contributed by atoms with Crippen molar-refractivity contribution in [1.82, 2.24) is 0 Å². The number of hydrogen-bond acceptors (Lipinski definition) is 2. The zero-order valence-electron chi connectivity index (χ0n) is 10.7. The molecule has 2 rings (SSSR count). The second-order valence-corrected chi connectivity index (χ2v) is 5.16. The monoisotopic (exact) mass is 237 g/mol. The number of rotatable bonds is 4. The van der Waals surface area contributed by atoms with Gasteiger partial charge in [0.05, 0.1) is 12.8 Å². The van der Waals surface area contributed by atoms with E-state index in [1.807, 2.05) is 0 Å². The van der Waals surface area contributed by atoms with Crippen molar-refractivity contribution in [2.45, 2.75) is 32.7 Å². The third-order valence-electron chi connectivity index (χ3n) is 3.64.